The quantitative estimate of drug-likeness (QED) is 0.528. The third kappa shape index (κ3) is 3.77. The standard InChI is InChI=1S/C25H26N4O3/c1-5-18-8-10-19(11-9-18)26-22(30)15-28-21-14-17(3)27(4)23(21)24(31)29(25(28)32)20-12-6-16(2)7-13-20/h6-14H,5,15H2,1-4H3,(H,26,30). The van der Waals surface area contributed by atoms with Gasteiger partial charge in [-0.2, -0.15) is 0 Å². The Morgan fingerprint density at radius 3 is 2.25 bits per heavy atom. The van der Waals surface area contributed by atoms with Crippen molar-refractivity contribution in [1.82, 2.24) is 13.7 Å². The van der Waals surface area contributed by atoms with Crippen LogP contribution in [0, 0.1) is 13.8 Å². The Bertz CT molecular complexity index is 1420. The molecule has 2 aromatic carbocycles. The highest BCUT2D eigenvalue weighted by Crippen LogP contribution is 2.16. The first kappa shape index (κ1) is 21.4. The van der Waals surface area contributed by atoms with Gasteiger partial charge in [0, 0.05) is 18.4 Å². The van der Waals surface area contributed by atoms with Crippen molar-refractivity contribution in [3.05, 3.63) is 92.3 Å². The second-order valence-corrected chi connectivity index (χ2v) is 8.02. The van der Waals surface area contributed by atoms with Crippen LogP contribution in [0.1, 0.15) is 23.7 Å². The SMILES string of the molecule is CCc1ccc(NC(=O)Cn2c(=O)n(-c3ccc(C)cc3)c(=O)c3c2cc(C)n3C)cc1. The second-order valence-electron chi connectivity index (χ2n) is 8.02. The molecule has 2 heterocycles. The van der Waals surface area contributed by atoms with Crippen molar-refractivity contribution >= 4 is 22.6 Å². The summed E-state index contributed by atoms with van der Waals surface area (Å²) in [6.07, 6.45) is 0.912. The van der Waals surface area contributed by atoms with Crippen molar-refractivity contribution in [3.63, 3.8) is 0 Å². The van der Waals surface area contributed by atoms with Crippen LogP contribution < -0.4 is 16.6 Å². The van der Waals surface area contributed by atoms with Crippen molar-refractivity contribution in [2.75, 3.05) is 5.32 Å². The number of amides is 1. The molecule has 0 radical (unpaired) electrons. The Morgan fingerprint density at radius 1 is 0.969 bits per heavy atom. The van der Waals surface area contributed by atoms with Crippen molar-refractivity contribution < 1.29 is 4.79 Å². The van der Waals surface area contributed by atoms with Gasteiger partial charge in [-0.05, 0) is 56.2 Å². The average Bonchev–Trinajstić information content (AvgIpc) is 3.07. The molecule has 0 atom stereocenters. The van der Waals surface area contributed by atoms with Gasteiger partial charge in [-0.25, -0.2) is 9.36 Å². The van der Waals surface area contributed by atoms with E-state index in [2.05, 4.69) is 12.2 Å². The van der Waals surface area contributed by atoms with E-state index in [1.54, 1.807) is 29.8 Å². The van der Waals surface area contributed by atoms with E-state index in [4.69, 9.17) is 0 Å². The number of rotatable bonds is 5. The number of hydrogen-bond donors (Lipinski definition) is 1. The van der Waals surface area contributed by atoms with E-state index >= 15 is 0 Å². The Morgan fingerprint density at radius 2 is 1.62 bits per heavy atom. The highest BCUT2D eigenvalue weighted by molar-refractivity contribution is 5.91. The predicted molar refractivity (Wildman–Crippen MR) is 127 cm³/mol. The maximum absolute atomic E-state index is 13.4. The number of nitrogens with one attached hydrogen (secondary N) is 1. The molecule has 0 spiro atoms. The molecule has 0 bridgehead atoms. The molecule has 7 nitrogen and oxygen atoms in total. The molecular weight excluding hydrogens is 404 g/mol. The number of anilines is 1. The molecule has 164 valence electrons. The summed E-state index contributed by atoms with van der Waals surface area (Å²) in [5.74, 6) is -0.340. The first-order valence-electron chi connectivity index (χ1n) is 10.6. The number of carbonyl (C=O) groups is 1. The van der Waals surface area contributed by atoms with Gasteiger partial charge in [0.2, 0.25) is 5.91 Å². The average molecular weight is 431 g/mol. The molecule has 0 saturated heterocycles. The van der Waals surface area contributed by atoms with Crippen molar-refractivity contribution in [3.8, 4) is 5.69 Å². The van der Waals surface area contributed by atoms with E-state index in [0.29, 0.717) is 22.4 Å². The fourth-order valence-electron chi connectivity index (χ4n) is 3.83. The van der Waals surface area contributed by atoms with Crippen LogP contribution >= 0.6 is 0 Å². The van der Waals surface area contributed by atoms with Crippen LogP contribution in [0.3, 0.4) is 0 Å². The molecule has 0 saturated carbocycles. The zero-order chi connectivity index (χ0) is 23.0. The van der Waals surface area contributed by atoms with Crippen LogP contribution in [0.25, 0.3) is 16.7 Å². The molecule has 2 aromatic heterocycles. The van der Waals surface area contributed by atoms with Gasteiger partial charge in [-0.1, -0.05) is 36.8 Å². The smallest absolute Gasteiger partial charge is 0.336 e. The lowest BCUT2D eigenvalue weighted by molar-refractivity contribution is -0.116. The van der Waals surface area contributed by atoms with Gasteiger partial charge in [0.15, 0.2) is 0 Å². The molecule has 4 rings (SSSR count). The molecule has 1 N–H and O–H groups in total. The van der Waals surface area contributed by atoms with Crippen molar-refractivity contribution in [2.24, 2.45) is 7.05 Å². The summed E-state index contributed by atoms with van der Waals surface area (Å²) in [6, 6.07) is 16.5. The van der Waals surface area contributed by atoms with Gasteiger partial charge >= 0.3 is 5.69 Å². The molecule has 4 aromatic rings. The van der Waals surface area contributed by atoms with Crippen LogP contribution in [-0.4, -0.2) is 19.6 Å². The first-order chi connectivity index (χ1) is 15.3. The third-order valence-electron chi connectivity index (χ3n) is 5.81. The molecule has 0 fully saturated rings. The molecule has 0 aliphatic heterocycles. The Labute approximate surface area is 185 Å². The van der Waals surface area contributed by atoms with Gasteiger partial charge in [0.05, 0.1) is 11.2 Å². The minimum atomic E-state index is -0.548. The van der Waals surface area contributed by atoms with Gasteiger partial charge < -0.3 is 9.88 Å². The summed E-state index contributed by atoms with van der Waals surface area (Å²) in [4.78, 5) is 39.5. The highest BCUT2D eigenvalue weighted by atomic mass is 16.2. The summed E-state index contributed by atoms with van der Waals surface area (Å²) in [5, 5.41) is 2.84. The minimum absolute atomic E-state index is 0.208. The molecule has 0 aliphatic carbocycles. The van der Waals surface area contributed by atoms with Crippen LogP contribution in [0.15, 0.2) is 64.2 Å². The summed E-state index contributed by atoms with van der Waals surface area (Å²) < 4.78 is 4.24. The monoisotopic (exact) mass is 430 g/mol. The van der Waals surface area contributed by atoms with E-state index in [0.717, 1.165) is 22.2 Å². The lowest BCUT2D eigenvalue weighted by Gasteiger charge is -2.13. The van der Waals surface area contributed by atoms with Crippen LogP contribution in [0.5, 0.6) is 0 Å². The number of aryl methyl sites for hydroxylation is 4. The van der Waals surface area contributed by atoms with Crippen LogP contribution in [0.2, 0.25) is 0 Å². The number of benzene rings is 2. The Hall–Kier alpha value is -3.87. The molecular formula is C25H26N4O3. The Balaban J connectivity index is 1.81. The fourth-order valence-corrected chi connectivity index (χ4v) is 3.83. The fraction of sp³-hybridized carbons (Fsp3) is 0.240. The number of carbonyl (C=O) groups excluding carboxylic acids is 1. The largest absolute Gasteiger partial charge is 0.342 e. The first-order valence-corrected chi connectivity index (χ1v) is 10.6. The lowest BCUT2D eigenvalue weighted by atomic mass is 10.1. The number of aromatic nitrogens is 3. The maximum Gasteiger partial charge on any atom is 0.336 e. The summed E-state index contributed by atoms with van der Waals surface area (Å²) in [5.41, 5.74) is 4.01. The van der Waals surface area contributed by atoms with Gasteiger partial charge in [-0.15, -0.1) is 0 Å². The summed E-state index contributed by atoms with van der Waals surface area (Å²) in [6.45, 7) is 5.66. The second kappa shape index (κ2) is 8.34. The van der Waals surface area contributed by atoms with Gasteiger partial charge in [0.1, 0.15) is 12.1 Å². The zero-order valence-corrected chi connectivity index (χ0v) is 18.7. The lowest BCUT2D eigenvalue weighted by Crippen LogP contribution is -2.41. The molecule has 7 heteroatoms. The van der Waals surface area contributed by atoms with Crippen molar-refractivity contribution in [2.45, 2.75) is 33.7 Å². The van der Waals surface area contributed by atoms with E-state index in [1.807, 2.05) is 50.2 Å². The molecule has 32 heavy (non-hydrogen) atoms. The molecule has 0 unspecified atom stereocenters. The maximum atomic E-state index is 13.4. The van der Waals surface area contributed by atoms with Crippen LogP contribution in [-0.2, 0) is 24.8 Å². The minimum Gasteiger partial charge on any atom is -0.342 e. The molecule has 1 amide bonds. The summed E-state index contributed by atoms with van der Waals surface area (Å²) >= 11 is 0. The normalized spacial score (nSPS) is 11.1. The third-order valence-corrected chi connectivity index (χ3v) is 5.81. The van der Waals surface area contributed by atoms with E-state index < -0.39 is 11.2 Å². The van der Waals surface area contributed by atoms with E-state index in [1.165, 1.54) is 10.1 Å². The molecule has 0 aliphatic rings. The summed E-state index contributed by atoms with van der Waals surface area (Å²) in [7, 11) is 1.78. The van der Waals surface area contributed by atoms with Crippen LogP contribution in [0.4, 0.5) is 5.69 Å². The van der Waals surface area contributed by atoms with Gasteiger partial charge in [0.25, 0.3) is 5.56 Å². The number of fused-ring (bicyclic) bond motifs is 1. The predicted octanol–water partition coefficient (Wildman–Crippen LogP) is 3.31. The van der Waals surface area contributed by atoms with E-state index in [9.17, 15) is 14.4 Å². The zero-order valence-electron chi connectivity index (χ0n) is 18.7. The highest BCUT2D eigenvalue weighted by Gasteiger charge is 2.20. The Kier molecular flexibility index (Phi) is 5.57. The van der Waals surface area contributed by atoms with E-state index in [-0.39, 0.29) is 12.5 Å². The van der Waals surface area contributed by atoms with Gasteiger partial charge in [-0.3, -0.25) is 14.2 Å². The topological polar surface area (TPSA) is 78.0 Å². The number of nitrogens with zero attached hydrogens (tertiary/aromatic N) is 3. The van der Waals surface area contributed by atoms with Crippen molar-refractivity contribution in [1.29, 1.82) is 0 Å². The number of hydrogen-bond acceptors (Lipinski definition) is 3.